The number of nitrogens with zero attached hydrogens (tertiary/aromatic N) is 1. The van der Waals surface area contributed by atoms with Gasteiger partial charge in [-0.1, -0.05) is 26.7 Å². The van der Waals surface area contributed by atoms with Crippen molar-refractivity contribution in [1.29, 1.82) is 0 Å². The van der Waals surface area contributed by atoms with Crippen molar-refractivity contribution in [3.05, 3.63) is 0 Å². The number of amides is 2. The summed E-state index contributed by atoms with van der Waals surface area (Å²) in [5.41, 5.74) is 0. The van der Waals surface area contributed by atoms with E-state index in [2.05, 4.69) is 12.2 Å². The van der Waals surface area contributed by atoms with Crippen LogP contribution < -0.4 is 5.32 Å². The number of rotatable bonds is 5. The van der Waals surface area contributed by atoms with Crippen molar-refractivity contribution in [3.63, 3.8) is 0 Å². The first-order valence-electron chi connectivity index (χ1n) is 6.24. The molecule has 92 valence electrons. The molecule has 1 rings (SSSR count). The van der Waals surface area contributed by atoms with E-state index in [0.717, 1.165) is 25.7 Å². The Labute approximate surface area is 97.4 Å². The molecule has 1 heterocycles. The van der Waals surface area contributed by atoms with E-state index in [1.54, 1.807) is 4.90 Å². The van der Waals surface area contributed by atoms with E-state index in [1.807, 2.05) is 6.92 Å². The second-order valence-corrected chi connectivity index (χ2v) is 4.36. The Morgan fingerprint density at radius 3 is 2.81 bits per heavy atom. The quantitative estimate of drug-likeness (QED) is 0.765. The third-order valence-corrected chi connectivity index (χ3v) is 3.10. The van der Waals surface area contributed by atoms with Gasteiger partial charge in [-0.05, 0) is 12.8 Å². The van der Waals surface area contributed by atoms with E-state index < -0.39 is 0 Å². The predicted octanol–water partition coefficient (Wildman–Crippen LogP) is 1.16. The molecule has 0 radical (unpaired) electrons. The molecule has 1 fully saturated rings. The molecule has 1 aliphatic heterocycles. The highest BCUT2D eigenvalue weighted by Crippen LogP contribution is 2.16. The van der Waals surface area contributed by atoms with E-state index in [9.17, 15) is 9.59 Å². The van der Waals surface area contributed by atoms with Gasteiger partial charge in [-0.25, -0.2) is 0 Å². The fourth-order valence-electron chi connectivity index (χ4n) is 2.04. The van der Waals surface area contributed by atoms with E-state index >= 15 is 0 Å². The van der Waals surface area contributed by atoms with Crippen LogP contribution in [-0.4, -0.2) is 36.3 Å². The summed E-state index contributed by atoms with van der Waals surface area (Å²) < 4.78 is 0. The maximum Gasteiger partial charge on any atom is 0.239 e. The SMILES string of the molecule is CCCCC(CC)C(=O)N1CCNC(=O)C1. The van der Waals surface area contributed by atoms with Gasteiger partial charge in [-0.15, -0.1) is 0 Å². The maximum atomic E-state index is 12.1. The number of nitrogens with one attached hydrogen (secondary N) is 1. The Hall–Kier alpha value is -1.06. The lowest BCUT2D eigenvalue weighted by atomic mass is 9.97. The van der Waals surface area contributed by atoms with Crippen molar-refractivity contribution in [2.24, 2.45) is 5.92 Å². The van der Waals surface area contributed by atoms with Crippen LogP contribution in [0.2, 0.25) is 0 Å². The Kier molecular flexibility index (Phi) is 5.29. The van der Waals surface area contributed by atoms with Crippen LogP contribution in [0.3, 0.4) is 0 Å². The van der Waals surface area contributed by atoms with Crippen LogP contribution in [0.15, 0.2) is 0 Å². The number of piperazine rings is 1. The van der Waals surface area contributed by atoms with E-state index in [4.69, 9.17) is 0 Å². The van der Waals surface area contributed by atoms with E-state index in [-0.39, 0.29) is 24.3 Å². The molecule has 4 nitrogen and oxygen atoms in total. The van der Waals surface area contributed by atoms with Crippen LogP contribution in [0.4, 0.5) is 0 Å². The Morgan fingerprint density at radius 1 is 1.50 bits per heavy atom. The lowest BCUT2D eigenvalue weighted by Crippen LogP contribution is -2.51. The largest absolute Gasteiger partial charge is 0.353 e. The molecule has 2 amide bonds. The van der Waals surface area contributed by atoms with Crippen LogP contribution >= 0.6 is 0 Å². The Morgan fingerprint density at radius 2 is 2.25 bits per heavy atom. The molecule has 0 bridgehead atoms. The summed E-state index contributed by atoms with van der Waals surface area (Å²) in [7, 11) is 0. The van der Waals surface area contributed by atoms with Gasteiger partial charge >= 0.3 is 0 Å². The minimum Gasteiger partial charge on any atom is -0.353 e. The molecule has 0 aromatic heterocycles. The summed E-state index contributed by atoms with van der Waals surface area (Å²) in [5, 5.41) is 2.73. The van der Waals surface area contributed by atoms with Crippen molar-refractivity contribution in [2.45, 2.75) is 39.5 Å². The van der Waals surface area contributed by atoms with E-state index in [0.29, 0.717) is 13.1 Å². The normalized spacial score (nSPS) is 18.1. The fraction of sp³-hybridized carbons (Fsp3) is 0.833. The molecular formula is C12H22N2O2. The van der Waals surface area contributed by atoms with Crippen LogP contribution in [0, 0.1) is 5.92 Å². The molecule has 1 unspecified atom stereocenters. The highest BCUT2D eigenvalue weighted by Gasteiger charge is 2.26. The maximum absolute atomic E-state index is 12.1. The van der Waals surface area contributed by atoms with E-state index in [1.165, 1.54) is 0 Å². The summed E-state index contributed by atoms with van der Waals surface area (Å²) in [6, 6.07) is 0. The molecular weight excluding hydrogens is 204 g/mol. The van der Waals surface area contributed by atoms with Gasteiger partial charge in [0.2, 0.25) is 11.8 Å². The van der Waals surface area contributed by atoms with Gasteiger partial charge in [0.25, 0.3) is 0 Å². The number of hydrogen-bond acceptors (Lipinski definition) is 2. The first kappa shape index (κ1) is 13.0. The van der Waals surface area contributed by atoms with Crippen LogP contribution in [-0.2, 0) is 9.59 Å². The number of unbranched alkanes of at least 4 members (excludes halogenated alkanes) is 1. The predicted molar refractivity (Wildman–Crippen MR) is 62.9 cm³/mol. The van der Waals surface area contributed by atoms with Gasteiger partial charge in [-0.3, -0.25) is 9.59 Å². The average Bonchev–Trinajstić information content (AvgIpc) is 2.29. The summed E-state index contributed by atoms with van der Waals surface area (Å²) in [5.74, 6) is 0.224. The molecule has 0 aromatic rings. The van der Waals surface area contributed by atoms with Crippen molar-refractivity contribution >= 4 is 11.8 Å². The Balaban J connectivity index is 2.49. The topological polar surface area (TPSA) is 49.4 Å². The third kappa shape index (κ3) is 3.51. The number of carbonyl (C=O) groups excluding carboxylic acids is 2. The zero-order chi connectivity index (χ0) is 12.0. The minimum atomic E-state index is -0.0371. The lowest BCUT2D eigenvalue weighted by molar-refractivity contribution is -0.141. The summed E-state index contributed by atoms with van der Waals surface area (Å²) >= 11 is 0. The second kappa shape index (κ2) is 6.51. The molecule has 1 atom stereocenters. The van der Waals surface area contributed by atoms with Crippen LogP contribution in [0.1, 0.15) is 39.5 Å². The average molecular weight is 226 g/mol. The number of hydrogen-bond donors (Lipinski definition) is 1. The van der Waals surface area contributed by atoms with Crippen molar-refractivity contribution in [2.75, 3.05) is 19.6 Å². The number of carbonyl (C=O) groups is 2. The molecule has 1 N–H and O–H groups in total. The highest BCUT2D eigenvalue weighted by molar-refractivity contribution is 5.86. The van der Waals surface area contributed by atoms with Gasteiger partial charge in [-0.2, -0.15) is 0 Å². The molecule has 16 heavy (non-hydrogen) atoms. The smallest absolute Gasteiger partial charge is 0.239 e. The summed E-state index contributed by atoms with van der Waals surface area (Å²) in [4.78, 5) is 25.0. The molecule has 0 aliphatic carbocycles. The molecule has 0 spiro atoms. The monoisotopic (exact) mass is 226 g/mol. The molecule has 0 saturated carbocycles. The van der Waals surface area contributed by atoms with Gasteiger partial charge < -0.3 is 10.2 Å². The molecule has 4 heteroatoms. The van der Waals surface area contributed by atoms with Crippen molar-refractivity contribution < 1.29 is 9.59 Å². The molecule has 1 aliphatic rings. The van der Waals surface area contributed by atoms with Gasteiger partial charge in [0.05, 0.1) is 6.54 Å². The van der Waals surface area contributed by atoms with Crippen LogP contribution in [0.25, 0.3) is 0 Å². The zero-order valence-corrected chi connectivity index (χ0v) is 10.3. The first-order chi connectivity index (χ1) is 7.69. The zero-order valence-electron chi connectivity index (χ0n) is 10.3. The lowest BCUT2D eigenvalue weighted by Gasteiger charge is -2.29. The van der Waals surface area contributed by atoms with Crippen molar-refractivity contribution in [3.8, 4) is 0 Å². The van der Waals surface area contributed by atoms with Gasteiger partial charge in [0.15, 0.2) is 0 Å². The third-order valence-electron chi connectivity index (χ3n) is 3.10. The van der Waals surface area contributed by atoms with Gasteiger partial charge in [0.1, 0.15) is 0 Å². The second-order valence-electron chi connectivity index (χ2n) is 4.36. The Bertz CT molecular complexity index is 253. The summed E-state index contributed by atoms with van der Waals surface area (Å²) in [6.07, 6.45) is 4.02. The first-order valence-corrected chi connectivity index (χ1v) is 6.24. The highest BCUT2D eigenvalue weighted by atomic mass is 16.2. The standard InChI is InChI=1S/C12H22N2O2/c1-3-5-6-10(4-2)12(16)14-8-7-13-11(15)9-14/h10H,3-9H2,1-2H3,(H,13,15). The molecule has 1 saturated heterocycles. The fourth-order valence-corrected chi connectivity index (χ4v) is 2.04. The van der Waals surface area contributed by atoms with Crippen molar-refractivity contribution in [1.82, 2.24) is 10.2 Å². The minimum absolute atomic E-state index is 0.0371. The van der Waals surface area contributed by atoms with Crippen LogP contribution in [0.5, 0.6) is 0 Å². The molecule has 0 aromatic carbocycles. The van der Waals surface area contributed by atoms with Gasteiger partial charge in [0, 0.05) is 19.0 Å². The summed E-state index contributed by atoms with van der Waals surface area (Å²) in [6.45, 7) is 5.66.